The lowest BCUT2D eigenvalue weighted by Gasteiger charge is -2.22. The van der Waals surface area contributed by atoms with Crippen LogP contribution in [0.2, 0.25) is 0 Å². The number of nitrogens with zero attached hydrogens (tertiary/aromatic N) is 2. The van der Waals surface area contributed by atoms with Gasteiger partial charge in [-0.25, -0.2) is 17.5 Å². The number of benzene rings is 1. The van der Waals surface area contributed by atoms with E-state index in [2.05, 4.69) is 5.32 Å². The Labute approximate surface area is 144 Å². The van der Waals surface area contributed by atoms with E-state index in [4.69, 9.17) is 0 Å². The summed E-state index contributed by atoms with van der Waals surface area (Å²) in [5.41, 5.74) is 1.02. The Balaban J connectivity index is 1.88. The van der Waals surface area contributed by atoms with Gasteiger partial charge in [-0.05, 0) is 24.8 Å². The molecule has 1 aliphatic heterocycles. The smallest absolute Gasteiger partial charge is 0.317 e. The molecule has 24 heavy (non-hydrogen) atoms. The number of rotatable bonds is 6. The zero-order valence-corrected chi connectivity index (χ0v) is 15.1. The molecule has 1 heterocycles. The van der Waals surface area contributed by atoms with Crippen molar-refractivity contribution in [2.75, 3.05) is 38.5 Å². The maximum absolute atomic E-state index is 12.6. The van der Waals surface area contributed by atoms with Gasteiger partial charge in [0, 0.05) is 32.7 Å². The Morgan fingerprint density at radius 1 is 1.12 bits per heavy atom. The van der Waals surface area contributed by atoms with Crippen LogP contribution >= 0.6 is 0 Å². The molecule has 2 rings (SSSR count). The molecule has 0 aromatic heterocycles. The molecule has 1 aliphatic rings. The molecule has 1 saturated heterocycles. The molecule has 1 aromatic rings. The first kappa shape index (κ1) is 18.7. The summed E-state index contributed by atoms with van der Waals surface area (Å²) in [5, 5.41) is 2.85. The van der Waals surface area contributed by atoms with Crippen molar-refractivity contribution in [1.82, 2.24) is 14.5 Å². The van der Waals surface area contributed by atoms with Crippen LogP contribution in [-0.2, 0) is 16.4 Å². The van der Waals surface area contributed by atoms with E-state index in [0.29, 0.717) is 45.6 Å². The third kappa shape index (κ3) is 5.49. The molecule has 0 atom stereocenters. The molecule has 0 radical (unpaired) electrons. The molecule has 1 N–H and O–H groups in total. The largest absolute Gasteiger partial charge is 0.338 e. The number of hydrogen-bond acceptors (Lipinski definition) is 3. The minimum Gasteiger partial charge on any atom is -0.338 e. The van der Waals surface area contributed by atoms with E-state index in [9.17, 15) is 13.2 Å². The third-order valence-electron chi connectivity index (χ3n) is 4.15. The number of carbonyl (C=O) groups is 1. The number of sulfonamides is 1. The first-order chi connectivity index (χ1) is 11.5. The molecule has 134 valence electrons. The fraction of sp³-hybridized carbons (Fsp3) is 0.588. The normalized spacial score (nSPS) is 16.6. The van der Waals surface area contributed by atoms with Crippen LogP contribution in [0.4, 0.5) is 4.79 Å². The Morgan fingerprint density at radius 2 is 1.88 bits per heavy atom. The lowest BCUT2D eigenvalue weighted by atomic mass is 10.2. The highest BCUT2D eigenvalue weighted by molar-refractivity contribution is 7.89. The fourth-order valence-corrected chi connectivity index (χ4v) is 4.26. The van der Waals surface area contributed by atoms with Crippen molar-refractivity contribution >= 4 is 16.1 Å². The molecule has 0 aliphatic carbocycles. The molecular weight excluding hydrogens is 326 g/mol. The number of nitrogens with one attached hydrogen (secondary N) is 1. The summed E-state index contributed by atoms with van der Waals surface area (Å²) in [4.78, 5) is 13.7. The van der Waals surface area contributed by atoms with Crippen LogP contribution in [0, 0.1) is 0 Å². The van der Waals surface area contributed by atoms with Crippen LogP contribution in [0.5, 0.6) is 0 Å². The summed E-state index contributed by atoms with van der Waals surface area (Å²) in [6.07, 6.45) is 2.07. The highest BCUT2D eigenvalue weighted by atomic mass is 32.2. The van der Waals surface area contributed by atoms with E-state index in [-0.39, 0.29) is 11.8 Å². The van der Waals surface area contributed by atoms with E-state index in [1.165, 1.54) is 4.31 Å². The van der Waals surface area contributed by atoms with Crippen LogP contribution in [0.1, 0.15) is 25.3 Å². The summed E-state index contributed by atoms with van der Waals surface area (Å²) in [5.74, 6) is 0.110. The summed E-state index contributed by atoms with van der Waals surface area (Å²) in [6, 6.07) is 9.54. The number of aryl methyl sites for hydroxylation is 1. The van der Waals surface area contributed by atoms with Gasteiger partial charge in [0.2, 0.25) is 10.0 Å². The van der Waals surface area contributed by atoms with Crippen molar-refractivity contribution in [2.45, 2.75) is 26.2 Å². The van der Waals surface area contributed by atoms with E-state index in [1.54, 1.807) is 4.90 Å². The topological polar surface area (TPSA) is 69.7 Å². The van der Waals surface area contributed by atoms with Gasteiger partial charge < -0.3 is 10.2 Å². The monoisotopic (exact) mass is 353 g/mol. The lowest BCUT2D eigenvalue weighted by Crippen LogP contribution is -2.43. The first-order valence-corrected chi connectivity index (χ1v) is 10.2. The molecule has 1 aromatic carbocycles. The maximum Gasteiger partial charge on any atom is 0.317 e. The fourth-order valence-electron chi connectivity index (χ4n) is 2.74. The summed E-state index contributed by atoms with van der Waals surface area (Å²) in [6.45, 7) is 4.55. The second-order valence-corrected chi connectivity index (χ2v) is 8.11. The van der Waals surface area contributed by atoms with Gasteiger partial charge in [-0.2, -0.15) is 0 Å². The number of amides is 2. The van der Waals surface area contributed by atoms with Crippen LogP contribution < -0.4 is 5.32 Å². The van der Waals surface area contributed by atoms with E-state index >= 15 is 0 Å². The predicted octanol–water partition coefficient (Wildman–Crippen LogP) is 1.69. The maximum atomic E-state index is 12.6. The molecule has 6 nitrogen and oxygen atoms in total. The van der Waals surface area contributed by atoms with Gasteiger partial charge in [0.25, 0.3) is 0 Å². The van der Waals surface area contributed by atoms with Crippen molar-refractivity contribution in [3.8, 4) is 0 Å². The minimum absolute atomic E-state index is 0.0969. The van der Waals surface area contributed by atoms with E-state index in [0.717, 1.165) is 12.0 Å². The van der Waals surface area contributed by atoms with Crippen LogP contribution in [0.15, 0.2) is 30.3 Å². The van der Waals surface area contributed by atoms with Gasteiger partial charge in [-0.1, -0.05) is 37.3 Å². The van der Waals surface area contributed by atoms with Crippen molar-refractivity contribution < 1.29 is 13.2 Å². The SMILES string of the molecule is CCCNC(=O)N1CCCN(S(=O)(=O)CCc2ccccc2)CC1. The van der Waals surface area contributed by atoms with Crippen LogP contribution in [-0.4, -0.2) is 62.1 Å². The Bertz CT molecular complexity index is 619. The number of hydrogen-bond donors (Lipinski definition) is 1. The highest BCUT2D eigenvalue weighted by Gasteiger charge is 2.26. The van der Waals surface area contributed by atoms with Crippen molar-refractivity contribution in [3.63, 3.8) is 0 Å². The quantitative estimate of drug-likeness (QED) is 0.846. The van der Waals surface area contributed by atoms with Gasteiger partial charge in [0.15, 0.2) is 0 Å². The molecule has 0 spiro atoms. The van der Waals surface area contributed by atoms with Crippen LogP contribution in [0.3, 0.4) is 0 Å². The number of urea groups is 1. The van der Waals surface area contributed by atoms with Crippen molar-refractivity contribution in [2.24, 2.45) is 0 Å². The van der Waals surface area contributed by atoms with Gasteiger partial charge in [0.05, 0.1) is 5.75 Å². The van der Waals surface area contributed by atoms with Gasteiger partial charge in [-0.15, -0.1) is 0 Å². The van der Waals surface area contributed by atoms with E-state index < -0.39 is 10.0 Å². The second kappa shape index (κ2) is 9.03. The van der Waals surface area contributed by atoms with Gasteiger partial charge in [-0.3, -0.25) is 0 Å². The average Bonchev–Trinajstić information content (AvgIpc) is 2.86. The molecule has 1 fully saturated rings. The summed E-state index contributed by atoms with van der Waals surface area (Å²) in [7, 11) is -3.30. The molecular formula is C17H27N3O3S. The van der Waals surface area contributed by atoms with E-state index in [1.807, 2.05) is 37.3 Å². The Kier molecular flexibility index (Phi) is 7.05. The average molecular weight is 353 g/mol. The summed E-state index contributed by atoms with van der Waals surface area (Å²) >= 11 is 0. The zero-order valence-electron chi connectivity index (χ0n) is 14.3. The minimum atomic E-state index is -3.30. The molecule has 2 amide bonds. The Hall–Kier alpha value is -1.60. The van der Waals surface area contributed by atoms with Crippen molar-refractivity contribution in [1.29, 1.82) is 0 Å². The zero-order chi connectivity index (χ0) is 17.4. The van der Waals surface area contributed by atoms with Gasteiger partial charge in [0.1, 0.15) is 0 Å². The molecule has 0 unspecified atom stereocenters. The first-order valence-electron chi connectivity index (χ1n) is 8.57. The number of carbonyl (C=O) groups excluding carboxylic acids is 1. The lowest BCUT2D eigenvalue weighted by molar-refractivity contribution is 0.200. The Morgan fingerprint density at radius 3 is 2.58 bits per heavy atom. The molecule has 0 saturated carbocycles. The van der Waals surface area contributed by atoms with Gasteiger partial charge >= 0.3 is 6.03 Å². The predicted molar refractivity (Wildman–Crippen MR) is 95.4 cm³/mol. The standard InChI is InChI=1S/C17H27N3O3S/c1-2-10-18-17(21)19-11-6-12-20(14-13-19)24(22,23)15-9-16-7-4-3-5-8-16/h3-5,7-8H,2,6,9-15H2,1H3,(H,18,21). The second-order valence-electron chi connectivity index (χ2n) is 6.02. The van der Waals surface area contributed by atoms with Crippen LogP contribution in [0.25, 0.3) is 0 Å². The highest BCUT2D eigenvalue weighted by Crippen LogP contribution is 2.11. The summed E-state index contributed by atoms with van der Waals surface area (Å²) < 4.78 is 26.7. The van der Waals surface area contributed by atoms with Crippen molar-refractivity contribution in [3.05, 3.63) is 35.9 Å². The molecule has 0 bridgehead atoms. The molecule has 7 heteroatoms. The third-order valence-corrected chi connectivity index (χ3v) is 6.03.